The Morgan fingerprint density at radius 3 is 2.75 bits per heavy atom. The highest BCUT2D eigenvalue weighted by Gasteiger charge is 2.28. The number of benzene rings is 1. The van der Waals surface area contributed by atoms with Crippen LogP contribution in [-0.2, 0) is 16.1 Å². The largest absolute Gasteiger partial charge is 0.460 e. The first-order valence-electron chi connectivity index (χ1n) is 6.44. The predicted octanol–water partition coefficient (Wildman–Crippen LogP) is 0.575. The molecular weight excluding hydrogens is 262 g/mol. The number of carbonyl (C=O) groups excluding carboxylic acids is 1. The van der Waals surface area contributed by atoms with Crippen LogP contribution in [0.4, 0.5) is 5.69 Å². The Balaban J connectivity index is 1.84. The average molecular weight is 279 g/mol. The fourth-order valence-corrected chi connectivity index (χ4v) is 2.14. The number of nitrogens with two attached hydrogens (primary N) is 1. The monoisotopic (exact) mass is 279 g/mol. The molecule has 2 atom stereocenters. The molecule has 0 amide bonds. The molecule has 1 fully saturated rings. The molecule has 0 saturated carbocycles. The van der Waals surface area contributed by atoms with Gasteiger partial charge in [-0.2, -0.15) is 0 Å². The molecule has 20 heavy (non-hydrogen) atoms. The molecule has 1 aromatic carbocycles. The molecule has 7 nitrogen and oxygen atoms in total. The van der Waals surface area contributed by atoms with Gasteiger partial charge in [0, 0.05) is 18.7 Å². The summed E-state index contributed by atoms with van der Waals surface area (Å²) >= 11 is 0. The van der Waals surface area contributed by atoms with Gasteiger partial charge in [0.05, 0.1) is 4.92 Å². The van der Waals surface area contributed by atoms with Gasteiger partial charge < -0.3 is 15.8 Å². The summed E-state index contributed by atoms with van der Waals surface area (Å²) in [5, 5.41) is 13.7. The molecular formula is C13H17N3O4. The zero-order valence-electron chi connectivity index (χ0n) is 11.0. The second kappa shape index (κ2) is 6.44. The highest BCUT2D eigenvalue weighted by Crippen LogP contribution is 2.15. The normalized spacial score (nSPS) is 19.6. The molecule has 1 heterocycles. The van der Waals surface area contributed by atoms with Crippen molar-refractivity contribution in [2.45, 2.75) is 19.1 Å². The third-order valence-electron chi connectivity index (χ3n) is 3.41. The summed E-state index contributed by atoms with van der Waals surface area (Å²) in [4.78, 5) is 21.8. The molecule has 0 aliphatic carbocycles. The molecule has 1 aliphatic rings. The summed E-state index contributed by atoms with van der Waals surface area (Å²) in [6, 6.07) is 5.26. The average Bonchev–Trinajstić information content (AvgIpc) is 2.98. The Morgan fingerprint density at radius 1 is 1.50 bits per heavy atom. The van der Waals surface area contributed by atoms with Gasteiger partial charge >= 0.3 is 5.97 Å². The van der Waals surface area contributed by atoms with Crippen molar-refractivity contribution >= 4 is 11.7 Å². The van der Waals surface area contributed by atoms with E-state index in [0.29, 0.717) is 5.56 Å². The van der Waals surface area contributed by atoms with Crippen LogP contribution < -0.4 is 11.1 Å². The highest BCUT2D eigenvalue weighted by atomic mass is 16.6. The number of hydrogen-bond acceptors (Lipinski definition) is 6. The van der Waals surface area contributed by atoms with E-state index < -0.39 is 16.9 Å². The topological polar surface area (TPSA) is 107 Å². The molecule has 1 aliphatic heterocycles. The van der Waals surface area contributed by atoms with Crippen molar-refractivity contribution in [1.82, 2.24) is 5.32 Å². The third-order valence-corrected chi connectivity index (χ3v) is 3.41. The zero-order valence-corrected chi connectivity index (χ0v) is 11.0. The van der Waals surface area contributed by atoms with Crippen molar-refractivity contribution in [2.24, 2.45) is 11.7 Å². The molecule has 0 radical (unpaired) electrons. The summed E-state index contributed by atoms with van der Waals surface area (Å²) in [5.74, 6) is -0.323. The van der Waals surface area contributed by atoms with Crippen LogP contribution in [-0.4, -0.2) is 30.0 Å². The summed E-state index contributed by atoms with van der Waals surface area (Å²) < 4.78 is 5.14. The number of carbonyl (C=O) groups is 1. The van der Waals surface area contributed by atoms with Crippen LogP contribution in [0.5, 0.6) is 0 Å². The smallest absolute Gasteiger partial charge is 0.323 e. The molecule has 3 N–H and O–H groups in total. The fraction of sp³-hybridized carbons (Fsp3) is 0.462. The Kier molecular flexibility index (Phi) is 4.65. The zero-order chi connectivity index (χ0) is 14.5. The maximum Gasteiger partial charge on any atom is 0.323 e. The van der Waals surface area contributed by atoms with Crippen LogP contribution in [0.25, 0.3) is 0 Å². The molecule has 0 aromatic heterocycles. The Labute approximate surface area is 116 Å². The SMILES string of the molecule is NC(C(=O)OCc1ccc([N+](=O)[O-])cc1)[C@@H]1CCNC1. The van der Waals surface area contributed by atoms with E-state index in [1.165, 1.54) is 12.1 Å². The van der Waals surface area contributed by atoms with E-state index in [2.05, 4.69) is 5.32 Å². The number of nitrogens with one attached hydrogen (secondary N) is 1. The number of ether oxygens (including phenoxy) is 1. The molecule has 0 spiro atoms. The van der Waals surface area contributed by atoms with Gasteiger partial charge in [-0.05, 0) is 36.6 Å². The van der Waals surface area contributed by atoms with E-state index in [-0.39, 0.29) is 18.2 Å². The summed E-state index contributed by atoms with van der Waals surface area (Å²) in [6.45, 7) is 1.67. The van der Waals surface area contributed by atoms with Gasteiger partial charge in [-0.1, -0.05) is 0 Å². The van der Waals surface area contributed by atoms with Crippen LogP contribution in [0.15, 0.2) is 24.3 Å². The van der Waals surface area contributed by atoms with E-state index in [4.69, 9.17) is 10.5 Å². The lowest BCUT2D eigenvalue weighted by Gasteiger charge is -2.16. The minimum Gasteiger partial charge on any atom is -0.460 e. The molecule has 108 valence electrons. The van der Waals surface area contributed by atoms with Gasteiger partial charge in [0.25, 0.3) is 5.69 Å². The minimum atomic E-state index is -0.622. The summed E-state index contributed by atoms with van der Waals surface area (Å²) in [7, 11) is 0. The first kappa shape index (κ1) is 14.4. The predicted molar refractivity (Wildman–Crippen MR) is 71.8 cm³/mol. The first-order valence-corrected chi connectivity index (χ1v) is 6.44. The van der Waals surface area contributed by atoms with E-state index in [1.54, 1.807) is 12.1 Å². The number of non-ortho nitro benzene ring substituents is 1. The van der Waals surface area contributed by atoms with Crippen LogP contribution in [0, 0.1) is 16.0 Å². The van der Waals surface area contributed by atoms with Crippen LogP contribution in [0.2, 0.25) is 0 Å². The lowest BCUT2D eigenvalue weighted by Crippen LogP contribution is -2.40. The van der Waals surface area contributed by atoms with Crippen LogP contribution in [0.3, 0.4) is 0 Å². The molecule has 1 unspecified atom stereocenters. The number of nitro groups is 1. The highest BCUT2D eigenvalue weighted by molar-refractivity contribution is 5.76. The Bertz CT molecular complexity index is 483. The molecule has 7 heteroatoms. The van der Waals surface area contributed by atoms with Gasteiger partial charge in [-0.15, -0.1) is 0 Å². The number of nitrogens with zero attached hydrogens (tertiary/aromatic N) is 1. The van der Waals surface area contributed by atoms with Gasteiger partial charge in [-0.3, -0.25) is 14.9 Å². The van der Waals surface area contributed by atoms with Gasteiger partial charge in [0.1, 0.15) is 12.6 Å². The Hall–Kier alpha value is -1.99. The molecule has 1 aromatic rings. The second-order valence-corrected chi connectivity index (χ2v) is 4.81. The fourth-order valence-electron chi connectivity index (χ4n) is 2.14. The standard InChI is InChI=1S/C13H17N3O4/c14-12(10-5-6-15-7-10)13(17)20-8-9-1-3-11(4-2-9)16(18)19/h1-4,10,12,15H,5-8,14H2/t10-,12?/m1/s1. The van der Waals surface area contributed by atoms with Crippen molar-refractivity contribution in [2.75, 3.05) is 13.1 Å². The number of esters is 1. The summed E-state index contributed by atoms with van der Waals surface area (Å²) in [5.41, 5.74) is 6.55. The maximum absolute atomic E-state index is 11.8. The van der Waals surface area contributed by atoms with Crippen molar-refractivity contribution in [3.63, 3.8) is 0 Å². The molecule has 2 rings (SSSR count). The van der Waals surface area contributed by atoms with Crippen molar-refractivity contribution in [3.05, 3.63) is 39.9 Å². The number of rotatable bonds is 5. The van der Waals surface area contributed by atoms with E-state index in [1.807, 2.05) is 0 Å². The van der Waals surface area contributed by atoms with Gasteiger partial charge in [-0.25, -0.2) is 0 Å². The van der Waals surface area contributed by atoms with E-state index in [0.717, 1.165) is 19.5 Å². The number of nitro benzene ring substituents is 1. The van der Waals surface area contributed by atoms with Crippen LogP contribution in [0.1, 0.15) is 12.0 Å². The lowest BCUT2D eigenvalue weighted by molar-refractivity contribution is -0.384. The first-order chi connectivity index (χ1) is 9.58. The maximum atomic E-state index is 11.8. The summed E-state index contributed by atoms with van der Waals surface area (Å²) in [6.07, 6.45) is 0.869. The Morgan fingerprint density at radius 2 is 2.20 bits per heavy atom. The van der Waals surface area contributed by atoms with Crippen molar-refractivity contribution < 1.29 is 14.5 Å². The minimum absolute atomic E-state index is 0.00816. The van der Waals surface area contributed by atoms with Crippen molar-refractivity contribution in [3.8, 4) is 0 Å². The van der Waals surface area contributed by atoms with Gasteiger partial charge in [0.2, 0.25) is 0 Å². The number of hydrogen-bond donors (Lipinski definition) is 2. The molecule has 1 saturated heterocycles. The van der Waals surface area contributed by atoms with E-state index >= 15 is 0 Å². The quantitative estimate of drug-likeness (QED) is 0.463. The van der Waals surface area contributed by atoms with Crippen molar-refractivity contribution in [1.29, 1.82) is 0 Å². The molecule has 0 bridgehead atoms. The lowest BCUT2D eigenvalue weighted by atomic mass is 10.0. The van der Waals surface area contributed by atoms with E-state index in [9.17, 15) is 14.9 Å². The van der Waals surface area contributed by atoms with Crippen LogP contribution >= 0.6 is 0 Å². The van der Waals surface area contributed by atoms with Gasteiger partial charge in [0.15, 0.2) is 0 Å². The second-order valence-electron chi connectivity index (χ2n) is 4.81. The third kappa shape index (κ3) is 3.52.